The number of hydrogen-bond acceptors (Lipinski definition) is 8. The van der Waals surface area contributed by atoms with Crippen molar-refractivity contribution in [3.63, 3.8) is 0 Å². The monoisotopic (exact) mass is 939 g/mol. The highest BCUT2D eigenvalue weighted by Gasteiger charge is 2.42. The normalized spacial score (nSPS) is 20.1. The lowest BCUT2D eigenvalue weighted by atomic mass is 9.79. The summed E-state index contributed by atoms with van der Waals surface area (Å²) in [4.78, 5) is 19.7. The van der Waals surface area contributed by atoms with Crippen molar-refractivity contribution in [2.24, 2.45) is 0 Å². The van der Waals surface area contributed by atoms with Gasteiger partial charge in [-0.05, 0) is 279 Å². The van der Waals surface area contributed by atoms with Crippen molar-refractivity contribution in [3.8, 4) is 0 Å². The third-order valence-electron chi connectivity index (χ3n) is 14.6. The first-order valence-electron chi connectivity index (χ1n) is 27.7. The van der Waals surface area contributed by atoms with Crippen LogP contribution in [0.3, 0.4) is 0 Å². The highest BCUT2D eigenvalue weighted by Crippen LogP contribution is 2.39. The topological polar surface area (TPSA) is 25.9 Å². The SMILES string of the molecule is CC(C)N(C(C)C)C(C)C.CC(C)N(C)C(C)(C)C.CC(C)N1C(C)(C)CCCC1(C)C.CC(C)N1CCCC1.CC(C)N1CCCCC1.CC(C)N1CCN(C)CC1.CN(C)C(C)(C)C. The summed E-state index contributed by atoms with van der Waals surface area (Å²) in [6.07, 6.45) is 11.2. The van der Waals surface area contributed by atoms with Crippen molar-refractivity contribution in [2.75, 3.05) is 80.5 Å². The Morgan fingerprint density at radius 3 is 0.833 bits per heavy atom. The zero-order chi connectivity index (χ0) is 52.6. The van der Waals surface area contributed by atoms with E-state index in [1.54, 1.807) is 0 Å². The maximum absolute atomic E-state index is 2.68. The average molecular weight is 940 g/mol. The van der Waals surface area contributed by atoms with E-state index in [-0.39, 0.29) is 0 Å². The molecule has 0 atom stereocenters. The van der Waals surface area contributed by atoms with Gasteiger partial charge in [-0.2, -0.15) is 0 Å². The Morgan fingerprint density at radius 2 is 0.667 bits per heavy atom. The van der Waals surface area contributed by atoms with Crippen molar-refractivity contribution >= 4 is 0 Å². The van der Waals surface area contributed by atoms with Crippen LogP contribution in [0, 0.1) is 0 Å². The highest BCUT2D eigenvalue weighted by molar-refractivity contribution is 4.98. The van der Waals surface area contributed by atoms with Crippen LogP contribution in [0.25, 0.3) is 0 Å². The van der Waals surface area contributed by atoms with Gasteiger partial charge in [0.1, 0.15) is 0 Å². The number of nitrogens with zero attached hydrogens (tertiary/aromatic N) is 8. The molecule has 4 aliphatic rings. The lowest BCUT2D eigenvalue weighted by Crippen LogP contribution is -2.61. The quantitative estimate of drug-likeness (QED) is 0.238. The molecule has 0 aliphatic carbocycles. The van der Waals surface area contributed by atoms with Crippen LogP contribution in [0.1, 0.15) is 231 Å². The molecule has 4 aliphatic heterocycles. The van der Waals surface area contributed by atoms with Gasteiger partial charge in [-0.1, -0.05) is 6.42 Å². The Bertz CT molecular complexity index is 1070. The molecule has 4 heterocycles. The lowest BCUT2D eigenvalue weighted by molar-refractivity contribution is -0.0508. The molecule has 0 spiro atoms. The van der Waals surface area contributed by atoms with Gasteiger partial charge < -0.3 is 19.6 Å². The summed E-state index contributed by atoms with van der Waals surface area (Å²) >= 11 is 0. The molecular weight excluding hydrogens is 809 g/mol. The molecule has 8 heteroatoms. The molecule has 0 aromatic rings. The fourth-order valence-electron chi connectivity index (χ4n) is 10.0. The molecule has 4 rings (SSSR count). The molecule has 0 unspecified atom stereocenters. The predicted molar refractivity (Wildman–Crippen MR) is 303 cm³/mol. The van der Waals surface area contributed by atoms with Crippen LogP contribution >= 0.6 is 0 Å². The van der Waals surface area contributed by atoms with Crippen molar-refractivity contribution in [1.29, 1.82) is 0 Å². The summed E-state index contributed by atoms with van der Waals surface area (Å²) < 4.78 is 0. The van der Waals surface area contributed by atoms with E-state index in [1.165, 1.54) is 104 Å². The largest absolute Gasteiger partial charge is 0.305 e. The van der Waals surface area contributed by atoms with Crippen molar-refractivity contribution in [1.82, 2.24) is 39.2 Å². The van der Waals surface area contributed by atoms with E-state index in [2.05, 4.69) is 247 Å². The lowest BCUT2D eigenvalue weighted by Gasteiger charge is -2.55. The van der Waals surface area contributed by atoms with Crippen molar-refractivity contribution in [2.45, 2.75) is 302 Å². The molecule has 0 radical (unpaired) electrons. The van der Waals surface area contributed by atoms with E-state index in [1.807, 2.05) is 0 Å². The van der Waals surface area contributed by atoms with Crippen LogP contribution in [0.5, 0.6) is 0 Å². The third kappa shape index (κ3) is 31.8. The number of piperidine rings is 2. The molecule has 0 N–H and O–H groups in total. The fourth-order valence-corrected chi connectivity index (χ4v) is 10.0. The van der Waals surface area contributed by atoms with E-state index >= 15 is 0 Å². The van der Waals surface area contributed by atoms with Crippen molar-refractivity contribution < 1.29 is 0 Å². The molecule has 4 saturated heterocycles. The standard InChI is InChI=1S/C12H25N.C9H21N.C8H18N2.C8H17N.C8H19N.C7H15N.C6H15N/c1-10(2)13-11(3,4)8-7-9-12(13,5)6;1-7(2)10(8(3)4)9(5)6;1-8(2)10-6-4-9(3)5-7-10;1-8(2)9-6-4-3-5-7-9;1-7(2)9(6)8(3,4)5;1-7(2)8-5-3-4-6-8;1-6(2,3)7(4)5/h10H,7-9H2,1-6H3;7-9H,1-6H3;8H,4-7H2,1-3H3;8H,3-7H2,1-2H3;7H,1-6H3;7H,3-6H2,1-2H3;1-5H3. The van der Waals surface area contributed by atoms with Gasteiger partial charge in [0.05, 0.1) is 0 Å². The number of hydrogen-bond donors (Lipinski definition) is 0. The van der Waals surface area contributed by atoms with Gasteiger partial charge in [0.15, 0.2) is 0 Å². The van der Waals surface area contributed by atoms with Crippen LogP contribution in [0.2, 0.25) is 0 Å². The van der Waals surface area contributed by atoms with Crippen LogP contribution in [0.4, 0.5) is 0 Å². The Balaban J connectivity index is -0.000000707. The van der Waals surface area contributed by atoms with Crippen LogP contribution in [-0.4, -0.2) is 190 Å². The Hall–Kier alpha value is -0.320. The van der Waals surface area contributed by atoms with Gasteiger partial charge in [0.25, 0.3) is 0 Å². The smallest absolute Gasteiger partial charge is 0.0161 e. The molecular formula is C58H130N8. The minimum Gasteiger partial charge on any atom is -0.305 e. The summed E-state index contributed by atoms with van der Waals surface area (Å²) in [6, 6.07) is 5.58. The number of likely N-dealkylation sites (N-methyl/N-ethyl adjacent to an activating group) is 1. The third-order valence-corrected chi connectivity index (χ3v) is 14.6. The molecule has 0 aromatic carbocycles. The molecule has 4 fully saturated rings. The zero-order valence-corrected chi connectivity index (χ0v) is 51.5. The summed E-state index contributed by atoms with van der Waals surface area (Å²) in [5, 5.41) is 0. The summed E-state index contributed by atoms with van der Waals surface area (Å²) in [7, 11) is 8.52. The molecule has 402 valence electrons. The van der Waals surface area contributed by atoms with Gasteiger partial charge in [0, 0.05) is 96.7 Å². The van der Waals surface area contributed by atoms with Crippen molar-refractivity contribution in [3.05, 3.63) is 0 Å². The molecule has 0 amide bonds. The van der Waals surface area contributed by atoms with Gasteiger partial charge in [0.2, 0.25) is 0 Å². The Morgan fingerprint density at radius 1 is 0.379 bits per heavy atom. The summed E-state index contributed by atoms with van der Waals surface area (Å²) in [5.41, 5.74) is 1.42. The Labute approximate surface area is 420 Å². The average Bonchev–Trinajstić information content (AvgIpc) is 3.70. The summed E-state index contributed by atoms with van der Waals surface area (Å²) in [5.74, 6) is 0. The molecule has 0 bridgehead atoms. The van der Waals surface area contributed by atoms with Gasteiger partial charge in [-0.15, -0.1) is 0 Å². The molecule has 0 aromatic heterocycles. The number of likely N-dealkylation sites (tertiary alicyclic amines) is 3. The second-order valence-electron chi connectivity index (χ2n) is 26.1. The van der Waals surface area contributed by atoms with E-state index in [9.17, 15) is 0 Å². The minimum absolute atomic E-state index is 0.314. The molecule has 0 saturated carbocycles. The van der Waals surface area contributed by atoms with E-state index in [0.29, 0.717) is 52.4 Å². The van der Waals surface area contributed by atoms with E-state index < -0.39 is 0 Å². The van der Waals surface area contributed by atoms with Crippen LogP contribution in [0.15, 0.2) is 0 Å². The van der Waals surface area contributed by atoms with Gasteiger partial charge in [-0.25, -0.2) is 0 Å². The van der Waals surface area contributed by atoms with Gasteiger partial charge in [-0.3, -0.25) is 19.6 Å². The molecule has 8 nitrogen and oxygen atoms in total. The first-order valence-corrected chi connectivity index (χ1v) is 27.7. The van der Waals surface area contributed by atoms with Crippen LogP contribution < -0.4 is 0 Å². The first-order chi connectivity index (χ1) is 29.8. The number of piperazine rings is 1. The minimum atomic E-state index is 0.314. The first kappa shape index (κ1) is 69.9. The predicted octanol–water partition coefficient (Wildman–Crippen LogP) is 13.4. The maximum Gasteiger partial charge on any atom is 0.0161 e. The Kier molecular flexibility index (Phi) is 36.2. The van der Waals surface area contributed by atoms with Crippen LogP contribution in [-0.2, 0) is 0 Å². The van der Waals surface area contributed by atoms with E-state index in [0.717, 1.165) is 18.1 Å². The fraction of sp³-hybridized carbons (Fsp3) is 1.00. The highest BCUT2D eigenvalue weighted by atomic mass is 15.3. The van der Waals surface area contributed by atoms with E-state index in [4.69, 9.17) is 0 Å². The maximum atomic E-state index is 2.68. The van der Waals surface area contributed by atoms with Gasteiger partial charge >= 0.3 is 0 Å². The zero-order valence-electron chi connectivity index (χ0n) is 51.5. The molecule has 66 heavy (non-hydrogen) atoms. The number of rotatable bonds is 8. The second kappa shape index (κ2) is 34.1. The summed E-state index contributed by atoms with van der Waals surface area (Å²) in [6.45, 7) is 69.3. The second-order valence-corrected chi connectivity index (χ2v) is 26.1.